The van der Waals surface area contributed by atoms with E-state index in [0.29, 0.717) is 9.47 Å². The summed E-state index contributed by atoms with van der Waals surface area (Å²) in [5, 5.41) is 2.85. The van der Waals surface area contributed by atoms with E-state index in [1.165, 1.54) is 26.1 Å². The third kappa shape index (κ3) is 4.01. The number of anilines is 1. The highest BCUT2D eigenvalue weighted by Crippen LogP contribution is 2.29. The average Bonchev–Trinajstić information content (AvgIpc) is 2.78. The Hall–Kier alpha value is -1.47. The molecule has 0 saturated heterocycles. The first-order chi connectivity index (χ1) is 9.78. The smallest absolute Gasteiger partial charge is 0.269 e. The number of carbonyl (C=O) groups excluding carboxylic acids is 1. The van der Waals surface area contributed by atoms with Crippen molar-refractivity contribution in [3.05, 3.63) is 34.3 Å². The molecule has 0 radical (unpaired) electrons. The van der Waals surface area contributed by atoms with Gasteiger partial charge in [-0.1, -0.05) is 22.9 Å². The lowest BCUT2D eigenvalue weighted by Gasteiger charge is -2.27. The summed E-state index contributed by atoms with van der Waals surface area (Å²) in [5.74, 6) is -1.46. The second-order valence-electron chi connectivity index (χ2n) is 4.87. The quantitative estimate of drug-likeness (QED) is 0.905. The molecule has 1 amide bonds. The number of aromatic nitrogens is 1. The molecule has 2 rings (SSSR count). The van der Waals surface area contributed by atoms with Crippen LogP contribution in [0.25, 0.3) is 0 Å². The Morgan fingerprint density at radius 3 is 2.90 bits per heavy atom. The first-order valence-corrected chi connectivity index (χ1v) is 7.31. The predicted octanol–water partition coefficient (Wildman–Crippen LogP) is 4.01. The summed E-state index contributed by atoms with van der Waals surface area (Å²) in [4.78, 5) is 16.0. The lowest BCUT2D eigenvalue weighted by Crippen LogP contribution is -2.40. The van der Waals surface area contributed by atoms with E-state index in [-0.39, 0.29) is 12.2 Å². The van der Waals surface area contributed by atoms with Crippen LogP contribution in [0.4, 0.5) is 13.9 Å². The molecular weight excluding hydrogens is 322 g/mol. The first kappa shape index (κ1) is 15.9. The number of allylic oxidation sites excluding steroid dienone is 3. The van der Waals surface area contributed by atoms with Gasteiger partial charge in [-0.3, -0.25) is 10.1 Å². The second-order valence-corrected chi connectivity index (χ2v) is 6.53. The van der Waals surface area contributed by atoms with Crippen molar-refractivity contribution in [1.82, 2.24) is 4.98 Å². The summed E-state index contributed by atoms with van der Waals surface area (Å²) in [6.45, 7) is 2.96. The molecule has 1 aromatic heterocycles. The van der Waals surface area contributed by atoms with Gasteiger partial charge in [-0.15, -0.1) is 0 Å². The van der Waals surface area contributed by atoms with Crippen molar-refractivity contribution in [2.24, 2.45) is 0 Å². The van der Waals surface area contributed by atoms with E-state index < -0.39 is 23.5 Å². The number of alkyl halides is 1. The molecule has 4 nitrogen and oxygen atoms in total. The van der Waals surface area contributed by atoms with Gasteiger partial charge in [0.05, 0.1) is 6.20 Å². The zero-order valence-electron chi connectivity index (χ0n) is 11.3. The number of halogens is 3. The standard InChI is InChI=1S/C13H13ClF2N2O2S/c1-13(2,11(19)18-12-17-6-10(14)21-12)20-9-4-3-7(15)5-8(9)16/h4-7H,3H2,1-2H3,(H,17,18,19). The van der Waals surface area contributed by atoms with Crippen LogP contribution in [0.1, 0.15) is 20.3 Å². The van der Waals surface area contributed by atoms with Crippen LogP contribution in [0.3, 0.4) is 0 Å². The van der Waals surface area contributed by atoms with Crippen molar-refractivity contribution in [2.75, 3.05) is 5.32 Å². The van der Waals surface area contributed by atoms with Crippen molar-refractivity contribution in [3.63, 3.8) is 0 Å². The number of thiazole rings is 1. The fraction of sp³-hybridized carbons (Fsp3) is 0.385. The molecule has 0 bridgehead atoms. The van der Waals surface area contributed by atoms with Gasteiger partial charge in [-0.05, 0) is 26.0 Å². The van der Waals surface area contributed by atoms with Gasteiger partial charge in [-0.2, -0.15) is 0 Å². The molecule has 1 aliphatic carbocycles. The minimum absolute atomic E-state index is 0.0164. The van der Waals surface area contributed by atoms with E-state index >= 15 is 0 Å². The van der Waals surface area contributed by atoms with Crippen LogP contribution < -0.4 is 5.32 Å². The Kier molecular flexibility index (Phi) is 4.63. The summed E-state index contributed by atoms with van der Waals surface area (Å²) in [5.41, 5.74) is -1.35. The Morgan fingerprint density at radius 1 is 1.62 bits per heavy atom. The third-order valence-corrected chi connectivity index (χ3v) is 3.73. The topological polar surface area (TPSA) is 51.2 Å². The van der Waals surface area contributed by atoms with Crippen LogP contribution in [0.5, 0.6) is 0 Å². The Morgan fingerprint density at radius 2 is 2.33 bits per heavy atom. The van der Waals surface area contributed by atoms with Gasteiger partial charge < -0.3 is 4.74 Å². The Labute approximate surface area is 129 Å². The first-order valence-electron chi connectivity index (χ1n) is 6.11. The lowest BCUT2D eigenvalue weighted by atomic mass is 10.1. The fourth-order valence-electron chi connectivity index (χ4n) is 1.60. The average molecular weight is 335 g/mol. The van der Waals surface area contributed by atoms with Crippen molar-refractivity contribution in [2.45, 2.75) is 32.0 Å². The van der Waals surface area contributed by atoms with Gasteiger partial charge in [0.1, 0.15) is 10.5 Å². The highest BCUT2D eigenvalue weighted by atomic mass is 35.5. The van der Waals surface area contributed by atoms with Gasteiger partial charge in [0.2, 0.25) is 0 Å². The molecule has 0 aromatic carbocycles. The number of hydrogen-bond acceptors (Lipinski definition) is 4. The molecular formula is C13H13ClF2N2O2S. The molecule has 0 fully saturated rings. The molecule has 1 aromatic rings. The molecule has 8 heteroatoms. The van der Waals surface area contributed by atoms with E-state index in [4.69, 9.17) is 16.3 Å². The van der Waals surface area contributed by atoms with Gasteiger partial charge in [0.15, 0.2) is 22.3 Å². The maximum Gasteiger partial charge on any atom is 0.269 e. The van der Waals surface area contributed by atoms with E-state index in [0.717, 1.165) is 17.4 Å². The number of carbonyl (C=O) groups is 1. The minimum atomic E-state index is -1.37. The van der Waals surface area contributed by atoms with Crippen LogP contribution in [0.15, 0.2) is 29.9 Å². The second kappa shape index (κ2) is 6.11. The highest BCUT2D eigenvalue weighted by Gasteiger charge is 2.33. The van der Waals surface area contributed by atoms with E-state index in [2.05, 4.69) is 10.3 Å². The molecule has 0 saturated carbocycles. The number of nitrogens with one attached hydrogen (secondary N) is 1. The third-order valence-electron chi connectivity index (χ3n) is 2.70. The molecule has 1 atom stereocenters. The van der Waals surface area contributed by atoms with Gasteiger partial charge in [0.25, 0.3) is 5.91 Å². The number of amides is 1. The van der Waals surface area contributed by atoms with E-state index in [9.17, 15) is 13.6 Å². The normalized spacial score (nSPS) is 18.8. The predicted molar refractivity (Wildman–Crippen MR) is 77.7 cm³/mol. The van der Waals surface area contributed by atoms with Crippen LogP contribution in [-0.2, 0) is 9.53 Å². The maximum absolute atomic E-state index is 13.6. The summed E-state index contributed by atoms with van der Waals surface area (Å²) in [7, 11) is 0. The van der Waals surface area contributed by atoms with Gasteiger partial charge in [0, 0.05) is 6.42 Å². The number of nitrogens with zero attached hydrogens (tertiary/aromatic N) is 1. The SMILES string of the molecule is CC(C)(OC1=CCC(F)C=C1F)C(=O)Nc1ncc(Cl)s1. The van der Waals surface area contributed by atoms with Crippen LogP contribution >= 0.6 is 22.9 Å². The summed E-state index contributed by atoms with van der Waals surface area (Å²) in [6.07, 6.45) is 2.16. The Balaban J connectivity index is 2.04. The number of hydrogen-bond donors (Lipinski definition) is 1. The van der Waals surface area contributed by atoms with Crippen molar-refractivity contribution < 1.29 is 18.3 Å². The number of rotatable bonds is 4. The molecule has 114 valence electrons. The number of ether oxygens (including phenoxy) is 1. The van der Waals surface area contributed by atoms with E-state index in [1.54, 1.807) is 0 Å². The molecule has 21 heavy (non-hydrogen) atoms. The van der Waals surface area contributed by atoms with E-state index in [1.807, 2.05) is 0 Å². The summed E-state index contributed by atoms with van der Waals surface area (Å²) in [6, 6.07) is 0. The van der Waals surface area contributed by atoms with Crippen molar-refractivity contribution >= 4 is 34.0 Å². The monoisotopic (exact) mass is 334 g/mol. The Bertz CT molecular complexity index is 613. The molecule has 1 aliphatic rings. The highest BCUT2D eigenvalue weighted by molar-refractivity contribution is 7.19. The molecule has 1 N–H and O–H groups in total. The molecule has 0 spiro atoms. The van der Waals surface area contributed by atoms with Crippen LogP contribution in [-0.4, -0.2) is 22.7 Å². The largest absolute Gasteiger partial charge is 0.475 e. The zero-order chi connectivity index (χ0) is 15.6. The minimum Gasteiger partial charge on any atom is -0.475 e. The van der Waals surface area contributed by atoms with Crippen LogP contribution in [0.2, 0.25) is 4.34 Å². The molecule has 0 aliphatic heterocycles. The van der Waals surface area contributed by atoms with Crippen molar-refractivity contribution in [3.8, 4) is 0 Å². The van der Waals surface area contributed by atoms with Gasteiger partial charge >= 0.3 is 0 Å². The van der Waals surface area contributed by atoms with Crippen molar-refractivity contribution in [1.29, 1.82) is 0 Å². The maximum atomic E-state index is 13.6. The lowest BCUT2D eigenvalue weighted by molar-refractivity contribution is -0.132. The molecule has 1 unspecified atom stereocenters. The van der Waals surface area contributed by atoms with Crippen LogP contribution in [0, 0.1) is 0 Å². The van der Waals surface area contributed by atoms with Gasteiger partial charge in [-0.25, -0.2) is 13.8 Å². The molecule has 1 heterocycles. The zero-order valence-corrected chi connectivity index (χ0v) is 12.9. The summed E-state index contributed by atoms with van der Waals surface area (Å²) >= 11 is 6.81. The fourth-order valence-corrected chi connectivity index (χ4v) is 2.40. The summed E-state index contributed by atoms with van der Waals surface area (Å²) < 4.78 is 32.4.